The predicted molar refractivity (Wildman–Crippen MR) is 231 cm³/mol. The summed E-state index contributed by atoms with van der Waals surface area (Å²) in [5.41, 5.74) is 4.88. The minimum Gasteiger partial charge on any atom is -0.508 e. The van der Waals surface area contributed by atoms with E-state index in [0.717, 1.165) is 47.9 Å². The van der Waals surface area contributed by atoms with Crippen LogP contribution in [-0.2, 0) is 22.7 Å². The molecule has 0 saturated heterocycles. The Labute approximate surface area is 362 Å². The highest BCUT2D eigenvalue weighted by Crippen LogP contribution is 2.62. The standard InChI is InChI=1S/C50H53N3O9/c1-2-24-60-50-46(53(49(57)36-17-14-33(29-51)15-18-36)30-35-16-20-44-45(25-35)59-32-58-44)28-42(52-61-31-34-10-4-3-5-11-34)40-26-37(12-6-8-22-54)39(13-7-9-23-55)47(48(40)50)41-27-38(56)19-21-43(41)62-50/h2-5,10-11,14-21,25-27,37,39,46-48,54-56H,1,6-9,12-13,22-24,28,30-32H2/t37-,39+,46-,47+,48+,50+/m0/s1. The van der Waals surface area contributed by atoms with Crippen molar-refractivity contribution in [2.24, 2.45) is 22.9 Å². The summed E-state index contributed by atoms with van der Waals surface area (Å²) in [4.78, 5) is 23.3. The number of hydrogen-bond acceptors (Lipinski definition) is 11. The number of fused-ring (bicyclic) bond motifs is 3. The first-order valence-electron chi connectivity index (χ1n) is 21.5. The second kappa shape index (κ2) is 19.3. The van der Waals surface area contributed by atoms with Crippen molar-refractivity contribution in [1.82, 2.24) is 4.90 Å². The third-order valence-corrected chi connectivity index (χ3v) is 12.6. The molecule has 12 nitrogen and oxygen atoms in total. The van der Waals surface area contributed by atoms with Crippen molar-refractivity contribution >= 4 is 11.6 Å². The van der Waals surface area contributed by atoms with Crippen LogP contribution in [0, 0.1) is 29.1 Å². The summed E-state index contributed by atoms with van der Waals surface area (Å²) in [6.45, 7) is 4.70. The number of phenols is 1. The highest BCUT2D eigenvalue weighted by atomic mass is 16.7. The number of hydrogen-bond donors (Lipinski definition) is 3. The van der Waals surface area contributed by atoms with Crippen molar-refractivity contribution in [3.05, 3.63) is 143 Å². The van der Waals surface area contributed by atoms with Crippen molar-refractivity contribution in [3.63, 3.8) is 0 Å². The molecule has 0 bridgehead atoms. The van der Waals surface area contributed by atoms with Gasteiger partial charge in [0.25, 0.3) is 5.91 Å². The molecule has 0 radical (unpaired) electrons. The van der Waals surface area contributed by atoms with Gasteiger partial charge in [-0.15, -0.1) is 6.58 Å². The van der Waals surface area contributed by atoms with E-state index in [4.69, 9.17) is 28.9 Å². The van der Waals surface area contributed by atoms with Crippen LogP contribution in [-0.4, -0.2) is 70.3 Å². The Morgan fingerprint density at radius 2 is 1.68 bits per heavy atom. The summed E-state index contributed by atoms with van der Waals surface area (Å²) in [5.74, 6) is -0.843. The summed E-state index contributed by atoms with van der Waals surface area (Å²) in [5, 5.41) is 45.5. The van der Waals surface area contributed by atoms with Crippen LogP contribution in [0.4, 0.5) is 0 Å². The Morgan fingerprint density at radius 1 is 0.919 bits per heavy atom. The van der Waals surface area contributed by atoms with E-state index in [0.29, 0.717) is 46.9 Å². The number of nitriles is 1. The van der Waals surface area contributed by atoms with Gasteiger partial charge in [0.15, 0.2) is 11.5 Å². The highest BCUT2D eigenvalue weighted by Gasteiger charge is 2.65. The van der Waals surface area contributed by atoms with Gasteiger partial charge in [0.1, 0.15) is 24.1 Å². The first-order valence-corrected chi connectivity index (χ1v) is 21.5. The second-order valence-electron chi connectivity index (χ2n) is 16.4. The number of ether oxygens (including phenoxy) is 4. The van der Waals surface area contributed by atoms with Crippen molar-refractivity contribution in [2.75, 3.05) is 26.6 Å². The normalized spacial score (nSPS) is 23.6. The molecule has 12 heteroatoms. The molecule has 1 fully saturated rings. The number of benzene rings is 4. The molecule has 1 amide bonds. The third kappa shape index (κ3) is 8.66. The Balaban J connectivity index is 1.35. The summed E-state index contributed by atoms with van der Waals surface area (Å²) >= 11 is 0. The molecule has 62 heavy (non-hydrogen) atoms. The van der Waals surface area contributed by atoms with Crippen LogP contribution in [0.1, 0.15) is 83.5 Å². The summed E-state index contributed by atoms with van der Waals surface area (Å²) < 4.78 is 25.8. The Hall–Kier alpha value is -6.13. The smallest absolute Gasteiger partial charge is 0.254 e. The van der Waals surface area contributed by atoms with E-state index in [1.54, 1.807) is 53.4 Å². The van der Waals surface area contributed by atoms with Crippen LogP contribution in [0.5, 0.6) is 23.0 Å². The van der Waals surface area contributed by atoms with E-state index >= 15 is 4.79 Å². The van der Waals surface area contributed by atoms with E-state index in [9.17, 15) is 20.6 Å². The van der Waals surface area contributed by atoms with Crippen LogP contribution in [0.2, 0.25) is 0 Å². The first-order chi connectivity index (χ1) is 30.4. The maximum atomic E-state index is 15.3. The number of amides is 1. The van der Waals surface area contributed by atoms with Crippen LogP contribution < -0.4 is 14.2 Å². The van der Waals surface area contributed by atoms with Gasteiger partial charge in [0.2, 0.25) is 12.6 Å². The van der Waals surface area contributed by atoms with Crippen molar-refractivity contribution in [2.45, 2.75) is 75.8 Å². The minimum atomic E-state index is -1.52. The lowest BCUT2D eigenvalue weighted by molar-refractivity contribution is -0.255. The molecule has 2 heterocycles. The third-order valence-electron chi connectivity index (χ3n) is 12.6. The number of oxime groups is 1. The van der Waals surface area contributed by atoms with Gasteiger partial charge in [-0.25, -0.2) is 0 Å². The Kier molecular flexibility index (Phi) is 13.2. The van der Waals surface area contributed by atoms with Gasteiger partial charge in [-0.2, -0.15) is 5.26 Å². The van der Waals surface area contributed by atoms with Crippen molar-refractivity contribution in [3.8, 4) is 29.1 Å². The number of unbranched alkanes of at least 4 members (excludes halogenated alkanes) is 2. The second-order valence-corrected chi connectivity index (χ2v) is 16.4. The SMILES string of the molecule is C=CCO[C@@]12Oc3ccc(O)cc3[C@H]3[C@H](CCCCO)[C@@H](CCCCO)C=C(C(=NOCc4ccccc4)C[C@@H]1N(Cc1ccc4c(c1)OCO4)C(=O)c1ccc(C#N)cc1)[C@H]32. The monoisotopic (exact) mass is 839 g/mol. The number of aliphatic hydroxyl groups is 2. The van der Waals surface area contributed by atoms with Crippen molar-refractivity contribution in [1.29, 1.82) is 5.26 Å². The number of carbonyl (C=O) groups is 1. The van der Waals surface area contributed by atoms with Gasteiger partial charge in [-0.3, -0.25) is 4.79 Å². The van der Waals surface area contributed by atoms with Crippen LogP contribution in [0.15, 0.2) is 120 Å². The van der Waals surface area contributed by atoms with Gasteiger partial charge >= 0.3 is 0 Å². The summed E-state index contributed by atoms with van der Waals surface area (Å²) in [7, 11) is 0. The number of allylic oxidation sites excluding steroid dienone is 1. The van der Waals surface area contributed by atoms with E-state index in [2.05, 4.69) is 18.7 Å². The largest absolute Gasteiger partial charge is 0.508 e. The quantitative estimate of drug-likeness (QED) is 0.0506. The van der Waals surface area contributed by atoms with Crippen LogP contribution in [0.3, 0.4) is 0 Å². The molecule has 8 rings (SSSR count). The minimum absolute atomic E-state index is 0.00748. The molecular weight excluding hydrogens is 787 g/mol. The maximum absolute atomic E-state index is 15.3. The topological polar surface area (TPSA) is 163 Å². The van der Waals surface area contributed by atoms with Gasteiger partial charge in [-0.1, -0.05) is 66.5 Å². The molecule has 1 saturated carbocycles. The number of phenolic OH excluding ortho intramolecular Hbond substituents is 1. The lowest BCUT2D eigenvalue weighted by atomic mass is 9.55. The number of nitrogens with zero attached hydrogens (tertiary/aromatic N) is 3. The average molecular weight is 840 g/mol. The van der Waals surface area contributed by atoms with Crippen LogP contribution in [0.25, 0.3) is 0 Å². The van der Waals surface area contributed by atoms with Gasteiger partial charge in [0.05, 0.1) is 29.9 Å². The molecule has 6 atom stereocenters. The van der Waals surface area contributed by atoms with Crippen molar-refractivity contribution < 1.29 is 43.9 Å². The molecule has 2 aliphatic heterocycles. The first kappa shape index (κ1) is 42.6. The number of rotatable bonds is 18. The zero-order valence-corrected chi connectivity index (χ0v) is 34.7. The number of aliphatic hydroxyl groups excluding tert-OH is 2. The molecular formula is C50H53N3O9. The lowest BCUT2D eigenvalue weighted by Crippen LogP contribution is -2.70. The van der Waals surface area contributed by atoms with Gasteiger partial charge in [-0.05, 0) is 109 Å². The zero-order chi connectivity index (χ0) is 43.1. The fourth-order valence-corrected chi connectivity index (χ4v) is 9.83. The fourth-order valence-electron chi connectivity index (χ4n) is 9.83. The Morgan fingerprint density at radius 3 is 2.44 bits per heavy atom. The average Bonchev–Trinajstić information content (AvgIpc) is 3.77. The maximum Gasteiger partial charge on any atom is 0.254 e. The van der Waals surface area contributed by atoms with Gasteiger partial charge < -0.3 is 44.0 Å². The molecule has 0 unspecified atom stereocenters. The summed E-state index contributed by atoms with van der Waals surface area (Å²) in [6.07, 6.45) is 8.53. The van der Waals surface area contributed by atoms with E-state index in [1.807, 2.05) is 48.5 Å². The molecule has 2 aliphatic carbocycles. The molecule has 322 valence electrons. The van der Waals surface area contributed by atoms with E-state index in [-0.39, 0.29) is 75.6 Å². The van der Waals surface area contributed by atoms with E-state index in [1.165, 1.54) is 0 Å². The number of carbonyl (C=O) groups excluding carboxylic acids is 1. The molecule has 4 aromatic rings. The molecule has 0 spiro atoms. The number of aromatic hydroxyl groups is 1. The molecule has 4 aromatic carbocycles. The molecule has 3 N–H and O–H groups in total. The highest BCUT2D eigenvalue weighted by molar-refractivity contribution is 6.03. The summed E-state index contributed by atoms with van der Waals surface area (Å²) in [6, 6.07) is 28.5. The lowest BCUT2D eigenvalue weighted by Gasteiger charge is -2.60. The Bertz CT molecular complexity index is 2320. The molecule has 0 aromatic heterocycles. The molecule has 4 aliphatic rings. The van der Waals surface area contributed by atoms with Crippen LogP contribution >= 0.6 is 0 Å². The zero-order valence-electron chi connectivity index (χ0n) is 34.7. The van der Waals surface area contributed by atoms with Gasteiger partial charge in [0, 0.05) is 43.2 Å². The van der Waals surface area contributed by atoms with E-state index < -0.39 is 17.7 Å². The predicted octanol–water partition coefficient (Wildman–Crippen LogP) is 8.17. The fraction of sp³-hybridized carbons (Fsp3) is 0.380.